The van der Waals surface area contributed by atoms with E-state index in [1.807, 2.05) is 6.08 Å². The number of amides is 1. The second kappa shape index (κ2) is 37.5. The summed E-state index contributed by atoms with van der Waals surface area (Å²) in [5.74, 6) is -0.0859. The maximum absolute atomic E-state index is 12.3. The van der Waals surface area contributed by atoms with Crippen LogP contribution in [0.25, 0.3) is 0 Å². The molecule has 4 heteroatoms. The van der Waals surface area contributed by atoms with Crippen molar-refractivity contribution in [2.75, 3.05) is 6.61 Å². The first-order valence-corrected chi connectivity index (χ1v) is 19.5. The number of nitrogens with one attached hydrogen (secondary N) is 1. The average molecular weight is 642 g/mol. The van der Waals surface area contributed by atoms with E-state index in [0.717, 1.165) is 51.4 Å². The van der Waals surface area contributed by atoms with Gasteiger partial charge in [0.2, 0.25) is 5.91 Å². The first-order chi connectivity index (χ1) is 22.7. The minimum atomic E-state index is -0.865. The molecule has 0 spiro atoms. The van der Waals surface area contributed by atoms with Crippen LogP contribution < -0.4 is 5.32 Å². The standard InChI is InChI=1S/C42H75NO3/c1-3-5-7-9-11-13-15-16-17-18-19-20-21-22-23-24-25-26-28-30-32-34-36-38-42(46)43-40(39-44)41(45)37-35-33-31-29-27-14-12-10-8-6-4-2/h15-16,18-19,21-22,27,29,35,37,40-41,44-45H,3-14,17,20,23-26,28,30-34,36,38-39H2,1-2H3,(H,43,46)/b16-15-,19-18-,22-21-,29-27+,37-35+. The fraction of sp³-hybridized carbons (Fsp3) is 0.738. The monoisotopic (exact) mass is 642 g/mol. The molecule has 0 aliphatic heterocycles. The topological polar surface area (TPSA) is 69.6 Å². The van der Waals surface area contributed by atoms with Crippen molar-refractivity contribution in [2.45, 2.75) is 193 Å². The number of unbranched alkanes of at least 4 members (excludes halogenated alkanes) is 19. The molecule has 0 aliphatic carbocycles. The van der Waals surface area contributed by atoms with Crippen molar-refractivity contribution in [1.29, 1.82) is 0 Å². The number of rotatable bonds is 34. The molecule has 3 N–H and O–H groups in total. The van der Waals surface area contributed by atoms with Crippen LogP contribution in [0.3, 0.4) is 0 Å². The van der Waals surface area contributed by atoms with Gasteiger partial charge in [0.05, 0.1) is 18.8 Å². The Labute approximate surface area is 286 Å². The number of allylic oxidation sites excluding steroid dienone is 9. The molecule has 0 saturated carbocycles. The molecular formula is C42H75NO3. The summed E-state index contributed by atoms with van der Waals surface area (Å²) in [5, 5.41) is 22.8. The molecule has 0 saturated heterocycles. The van der Waals surface area contributed by atoms with Crippen LogP contribution in [0.15, 0.2) is 60.8 Å². The Morgan fingerprint density at radius 3 is 1.41 bits per heavy atom. The van der Waals surface area contributed by atoms with Gasteiger partial charge in [-0.1, -0.05) is 164 Å². The largest absolute Gasteiger partial charge is 0.394 e. The third-order valence-electron chi connectivity index (χ3n) is 8.47. The van der Waals surface area contributed by atoms with Crippen molar-refractivity contribution >= 4 is 5.91 Å². The van der Waals surface area contributed by atoms with Crippen LogP contribution in [0, 0.1) is 0 Å². The lowest BCUT2D eigenvalue weighted by molar-refractivity contribution is -0.123. The number of hydrogen-bond donors (Lipinski definition) is 3. The summed E-state index contributed by atoms with van der Waals surface area (Å²) in [5.41, 5.74) is 0. The summed E-state index contributed by atoms with van der Waals surface area (Å²) in [7, 11) is 0. The Morgan fingerprint density at radius 2 is 0.913 bits per heavy atom. The Morgan fingerprint density at radius 1 is 0.522 bits per heavy atom. The number of carbonyl (C=O) groups is 1. The molecule has 0 aromatic heterocycles. The van der Waals surface area contributed by atoms with Crippen LogP contribution in [-0.4, -0.2) is 34.9 Å². The maximum atomic E-state index is 12.3. The zero-order valence-corrected chi connectivity index (χ0v) is 30.3. The van der Waals surface area contributed by atoms with E-state index in [4.69, 9.17) is 0 Å². The van der Waals surface area contributed by atoms with Gasteiger partial charge < -0.3 is 15.5 Å². The predicted octanol–water partition coefficient (Wildman–Crippen LogP) is 11.8. The van der Waals surface area contributed by atoms with E-state index in [0.29, 0.717) is 6.42 Å². The van der Waals surface area contributed by atoms with Gasteiger partial charge in [-0.15, -0.1) is 0 Å². The molecule has 0 aromatic rings. The minimum Gasteiger partial charge on any atom is -0.394 e. The zero-order valence-electron chi connectivity index (χ0n) is 30.3. The first kappa shape index (κ1) is 44.1. The molecule has 0 bridgehead atoms. The lowest BCUT2D eigenvalue weighted by Gasteiger charge is -2.19. The Kier molecular flexibility index (Phi) is 36.0. The highest BCUT2D eigenvalue weighted by molar-refractivity contribution is 5.76. The van der Waals surface area contributed by atoms with Crippen molar-refractivity contribution in [3.63, 3.8) is 0 Å². The number of aliphatic hydroxyl groups excluding tert-OH is 2. The van der Waals surface area contributed by atoms with E-state index in [9.17, 15) is 15.0 Å². The first-order valence-electron chi connectivity index (χ1n) is 19.5. The molecule has 4 nitrogen and oxygen atoms in total. The van der Waals surface area contributed by atoms with Gasteiger partial charge in [-0.25, -0.2) is 0 Å². The molecule has 0 aliphatic rings. The highest BCUT2D eigenvalue weighted by Gasteiger charge is 2.17. The molecular weight excluding hydrogens is 566 g/mol. The molecule has 0 fully saturated rings. The third kappa shape index (κ3) is 33.5. The van der Waals surface area contributed by atoms with Crippen LogP contribution in [0.1, 0.15) is 181 Å². The molecule has 0 rings (SSSR count). The van der Waals surface area contributed by atoms with E-state index in [2.05, 4.69) is 67.8 Å². The lowest BCUT2D eigenvalue weighted by Crippen LogP contribution is -2.45. The van der Waals surface area contributed by atoms with E-state index < -0.39 is 12.1 Å². The molecule has 2 atom stereocenters. The second-order valence-corrected chi connectivity index (χ2v) is 13.0. The van der Waals surface area contributed by atoms with Gasteiger partial charge >= 0.3 is 0 Å². The molecule has 0 heterocycles. The average Bonchev–Trinajstić information content (AvgIpc) is 3.06. The SMILES string of the molecule is CCCCCCC/C=C\C/C=C\C/C=C\CCCCCCCCCCC(=O)NC(CO)C(O)/C=C/CC/C=C/CCCCCCC. The quantitative estimate of drug-likeness (QED) is 0.0483. The van der Waals surface area contributed by atoms with Crippen molar-refractivity contribution in [1.82, 2.24) is 5.32 Å². The van der Waals surface area contributed by atoms with Gasteiger partial charge in [-0.05, 0) is 70.6 Å². The fourth-order valence-electron chi connectivity index (χ4n) is 5.43. The van der Waals surface area contributed by atoms with Crippen molar-refractivity contribution in [2.24, 2.45) is 0 Å². The number of hydrogen-bond acceptors (Lipinski definition) is 3. The Hall–Kier alpha value is -1.91. The zero-order chi connectivity index (χ0) is 33.6. The predicted molar refractivity (Wildman–Crippen MR) is 202 cm³/mol. The van der Waals surface area contributed by atoms with Gasteiger partial charge in [0.25, 0.3) is 0 Å². The highest BCUT2D eigenvalue weighted by Crippen LogP contribution is 2.12. The van der Waals surface area contributed by atoms with Gasteiger partial charge in [0.1, 0.15) is 0 Å². The highest BCUT2D eigenvalue weighted by atomic mass is 16.3. The Balaban J connectivity index is 3.65. The van der Waals surface area contributed by atoms with Crippen molar-refractivity contribution in [3.05, 3.63) is 60.8 Å². The Bertz CT molecular complexity index is 782. The summed E-state index contributed by atoms with van der Waals surface area (Å²) < 4.78 is 0. The van der Waals surface area contributed by atoms with Crippen LogP contribution in [0.2, 0.25) is 0 Å². The fourth-order valence-corrected chi connectivity index (χ4v) is 5.43. The van der Waals surface area contributed by atoms with Crippen LogP contribution in [0.5, 0.6) is 0 Å². The van der Waals surface area contributed by atoms with Gasteiger partial charge in [0.15, 0.2) is 0 Å². The van der Waals surface area contributed by atoms with Gasteiger partial charge in [0, 0.05) is 6.42 Å². The molecule has 1 amide bonds. The summed E-state index contributed by atoms with van der Waals surface area (Å²) in [6, 6.07) is -0.643. The number of carbonyl (C=O) groups excluding carboxylic acids is 1. The second-order valence-electron chi connectivity index (χ2n) is 13.0. The molecule has 0 radical (unpaired) electrons. The van der Waals surface area contributed by atoms with E-state index >= 15 is 0 Å². The van der Waals surface area contributed by atoms with E-state index in [1.54, 1.807) is 6.08 Å². The third-order valence-corrected chi connectivity index (χ3v) is 8.47. The van der Waals surface area contributed by atoms with Gasteiger partial charge in [-0.3, -0.25) is 4.79 Å². The van der Waals surface area contributed by atoms with E-state index in [-0.39, 0.29) is 12.5 Å². The normalized spacial score (nSPS) is 13.7. The van der Waals surface area contributed by atoms with Crippen LogP contribution in [0.4, 0.5) is 0 Å². The minimum absolute atomic E-state index is 0.0859. The van der Waals surface area contributed by atoms with Crippen LogP contribution >= 0.6 is 0 Å². The number of aliphatic hydroxyl groups is 2. The maximum Gasteiger partial charge on any atom is 0.220 e. The van der Waals surface area contributed by atoms with Crippen LogP contribution in [-0.2, 0) is 4.79 Å². The molecule has 46 heavy (non-hydrogen) atoms. The summed E-state index contributed by atoms with van der Waals surface area (Å²) in [4.78, 5) is 12.3. The molecule has 0 aromatic carbocycles. The molecule has 266 valence electrons. The summed E-state index contributed by atoms with van der Waals surface area (Å²) in [6.45, 7) is 4.24. The summed E-state index contributed by atoms with van der Waals surface area (Å²) >= 11 is 0. The smallest absolute Gasteiger partial charge is 0.220 e. The molecule has 2 unspecified atom stereocenters. The van der Waals surface area contributed by atoms with Crippen molar-refractivity contribution < 1.29 is 15.0 Å². The summed E-state index contributed by atoms with van der Waals surface area (Å²) in [6.07, 6.45) is 51.7. The van der Waals surface area contributed by atoms with Crippen molar-refractivity contribution in [3.8, 4) is 0 Å². The lowest BCUT2D eigenvalue weighted by atomic mass is 10.1. The van der Waals surface area contributed by atoms with Gasteiger partial charge in [-0.2, -0.15) is 0 Å². The van der Waals surface area contributed by atoms with E-state index in [1.165, 1.54) is 109 Å².